The molecule has 1 unspecified atom stereocenters. The Labute approximate surface area is 219 Å². The number of aliphatic hydroxyl groups is 1. The Morgan fingerprint density at radius 3 is 2.18 bits per heavy atom. The number of pyridine rings is 1. The molecule has 3 aromatic carbocycles. The summed E-state index contributed by atoms with van der Waals surface area (Å²) < 4.78 is 29.7. The average molecular weight is 512 g/mol. The van der Waals surface area contributed by atoms with Crippen molar-refractivity contribution in [2.24, 2.45) is 0 Å². The summed E-state index contributed by atoms with van der Waals surface area (Å²) in [5, 5.41) is 15.6. The van der Waals surface area contributed by atoms with Crippen LogP contribution >= 0.6 is 0 Å². The van der Waals surface area contributed by atoms with Crippen molar-refractivity contribution in [1.82, 2.24) is 24.6 Å². The number of hydrogen-bond donors (Lipinski definition) is 1. The number of hydrogen-bond acceptors (Lipinski definition) is 5. The Hall–Kier alpha value is -4.27. The van der Waals surface area contributed by atoms with Crippen LogP contribution in [0, 0.1) is 11.6 Å². The average Bonchev–Trinajstić information content (AvgIpc) is 3.42. The Bertz CT molecular complexity index is 1480. The molecule has 0 fully saturated rings. The fourth-order valence-electron chi connectivity index (χ4n) is 4.62. The maximum Gasteiger partial charge on any atom is 0.137 e. The van der Waals surface area contributed by atoms with Crippen LogP contribution in [-0.4, -0.2) is 43.3 Å². The largest absolute Gasteiger partial charge is 0.382 e. The van der Waals surface area contributed by atoms with Gasteiger partial charge in [0.15, 0.2) is 0 Å². The predicted molar refractivity (Wildman–Crippen MR) is 142 cm³/mol. The number of aromatic nitrogens is 4. The molecule has 192 valence electrons. The van der Waals surface area contributed by atoms with Crippen molar-refractivity contribution in [2.45, 2.75) is 18.7 Å². The van der Waals surface area contributed by atoms with E-state index in [2.05, 4.69) is 51.5 Å². The molecule has 1 atom stereocenters. The van der Waals surface area contributed by atoms with Crippen molar-refractivity contribution >= 4 is 0 Å². The lowest BCUT2D eigenvalue weighted by Crippen LogP contribution is -2.43. The molecule has 2 aromatic heterocycles. The minimum Gasteiger partial charge on any atom is -0.382 e. The number of rotatable bonds is 9. The van der Waals surface area contributed by atoms with Crippen LogP contribution in [0.1, 0.15) is 11.3 Å². The van der Waals surface area contributed by atoms with Crippen LogP contribution in [0.2, 0.25) is 0 Å². The predicted octanol–water partition coefficient (Wildman–Crippen LogP) is 5.31. The van der Waals surface area contributed by atoms with Gasteiger partial charge in [0.05, 0.1) is 12.2 Å². The topological polar surface area (TPSA) is 67.1 Å². The normalized spacial score (nSPS) is 13.0. The summed E-state index contributed by atoms with van der Waals surface area (Å²) in [5.74, 6) is -1.52. The molecule has 8 heteroatoms. The fraction of sp³-hybridized carbons (Fsp3) is 0.167. The van der Waals surface area contributed by atoms with Gasteiger partial charge in [-0.25, -0.2) is 18.4 Å². The van der Waals surface area contributed by atoms with Gasteiger partial charge in [-0.15, -0.1) is 0 Å². The summed E-state index contributed by atoms with van der Waals surface area (Å²) in [6.07, 6.45) is 4.60. The van der Waals surface area contributed by atoms with Crippen molar-refractivity contribution in [1.29, 1.82) is 0 Å². The smallest absolute Gasteiger partial charge is 0.137 e. The lowest BCUT2D eigenvalue weighted by molar-refractivity contribution is -0.0177. The first-order valence-corrected chi connectivity index (χ1v) is 12.2. The van der Waals surface area contributed by atoms with Gasteiger partial charge in [0.1, 0.15) is 29.9 Å². The zero-order valence-electron chi connectivity index (χ0n) is 20.9. The maximum absolute atomic E-state index is 14.7. The molecule has 5 rings (SSSR count). The number of nitrogens with zero attached hydrogens (tertiary/aromatic N) is 5. The molecular weight excluding hydrogens is 484 g/mol. The van der Waals surface area contributed by atoms with Crippen molar-refractivity contribution in [3.8, 4) is 22.3 Å². The van der Waals surface area contributed by atoms with Gasteiger partial charge in [0.25, 0.3) is 0 Å². The van der Waals surface area contributed by atoms with Gasteiger partial charge in [-0.1, -0.05) is 66.7 Å². The molecule has 38 heavy (non-hydrogen) atoms. The molecule has 2 heterocycles. The quantitative estimate of drug-likeness (QED) is 0.291. The van der Waals surface area contributed by atoms with Crippen LogP contribution in [0.5, 0.6) is 0 Å². The minimum atomic E-state index is -1.68. The van der Waals surface area contributed by atoms with Crippen molar-refractivity contribution < 1.29 is 13.9 Å². The second-order valence-electron chi connectivity index (χ2n) is 9.40. The van der Waals surface area contributed by atoms with Gasteiger partial charge >= 0.3 is 0 Å². The summed E-state index contributed by atoms with van der Waals surface area (Å²) >= 11 is 0. The lowest BCUT2D eigenvalue weighted by atomic mass is 9.92. The Morgan fingerprint density at radius 1 is 0.868 bits per heavy atom. The lowest BCUT2D eigenvalue weighted by Gasteiger charge is -2.33. The van der Waals surface area contributed by atoms with Crippen LogP contribution < -0.4 is 0 Å². The summed E-state index contributed by atoms with van der Waals surface area (Å²) in [4.78, 5) is 10.4. The molecular formula is C30H27F2N5O. The highest BCUT2D eigenvalue weighted by molar-refractivity contribution is 5.69. The highest BCUT2D eigenvalue weighted by Gasteiger charge is 2.35. The first kappa shape index (κ1) is 25.4. The molecule has 0 saturated heterocycles. The van der Waals surface area contributed by atoms with E-state index in [1.807, 2.05) is 48.5 Å². The first-order valence-electron chi connectivity index (χ1n) is 12.2. The van der Waals surface area contributed by atoms with Gasteiger partial charge in [0, 0.05) is 36.5 Å². The molecule has 0 radical (unpaired) electrons. The summed E-state index contributed by atoms with van der Waals surface area (Å²) in [5.41, 5.74) is 3.47. The van der Waals surface area contributed by atoms with E-state index in [9.17, 15) is 13.9 Å². The van der Waals surface area contributed by atoms with Crippen LogP contribution in [0.4, 0.5) is 8.78 Å². The third-order valence-corrected chi connectivity index (χ3v) is 6.44. The SMILES string of the molecule is CN(Cc1ccc(-c2ccc(-c3ccccc3)cc2)cn1)CC(O)(Cn1cncn1)c1ccc(F)cc1F. The standard InChI is InChI=1S/C30H27F2N5O/c1-36(18-30(38,19-37-21-33-20-35-37)28-14-12-26(31)15-29(28)32)17-27-13-11-25(16-34-27)24-9-7-23(8-10-24)22-5-3-2-4-6-22/h2-16,20-21,38H,17-19H2,1H3. The van der Waals surface area contributed by atoms with E-state index in [4.69, 9.17) is 0 Å². The zero-order chi connectivity index (χ0) is 26.5. The molecule has 0 amide bonds. The molecule has 0 aliphatic carbocycles. The summed E-state index contributed by atoms with van der Waals surface area (Å²) in [6, 6.07) is 25.7. The number of halogens is 2. The number of benzene rings is 3. The third-order valence-electron chi connectivity index (χ3n) is 6.44. The molecule has 0 saturated carbocycles. The molecule has 6 nitrogen and oxygen atoms in total. The molecule has 0 aliphatic rings. The molecule has 0 aliphatic heterocycles. The number of likely N-dealkylation sites (N-methyl/N-ethyl adjacent to an activating group) is 1. The fourth-order valence-corrected chi connectivity index (χ4v) is 4.62. The van der Waals surface area contributed by atoms with Gasteiger partial charge in [-0.05, 0) is 35.9 Å². The Morgan fingerprint density at radius 2 is 1.55 bits per heavy atom. The Balaban J connectivity index is 1.29. The van der Waals surface area contributed by atoms with Crippen LogP contribution in [0.3, 0.4) is 0 Å². The van der Waals surface area contributed by atoms with Gasteiger partial charge < -0.3 is 5.11 Å². The minimum absolute atomic E-state index is 0.0106. The second kappa shape index (κ2) is 11.0. The van der Waals surface area contributed by atoms with E-state index in [1.54, 1.807) is 0 Å². The van der Waals surface area contributed by atoms with Crippen LogP contribution in [-0.2, 0) is 18.7 Å². The molecule has 0 bridgehead atoms. The molecule has 0 spiro atoms. The monoisotopic (exact) mass is 511 g/mol. The van der Waals surface area contributed by atoms with Crippen molar-refractivity contribution in [2.75, 3.05) is 13.6 Å². The summed E-state index contributed by atoms with van der Waals surface area (Å²) in [6.45, 7) is 0.417. The van der Waals surface area contributed by atoms with E-state index >= 15 is 0 Å². The van der Waals surface area contributed by atoms with E-state index in [1.165, 1.54) is 29.0 Å². The van der Waals surface area contributed by atoms with Gasteiger partial charge in [-0.2, -0.15) is 5.10 Å². The van der Waals surface area contributed by atoms with E-state index < -0.39 is 17.2 Å². The van der Waals surface area contributed by atoms with E-state index in [0.717, 1.165) is 34.5 Å². The van der Waals surface area contributed by atoms with Crippen molar-refractivity contribution in [3.05, 3.63) is 127 Å². The highest BCUT2D eigenvalue weighted by atomic mass is 19.1. The molecule has 1 N–H and O–H groups in total. The Kier molecular flexibility index (Phi) is 7.35. The second-order valence-corrected chi connectivity index (χ2v) is 9.40. The van der Waals surface area contributed by atoms with Crippen LogP contribution in [0.25, 0.3) is 22.3 Å². The zero-order valence-corrected chi connectivity index (χ0v) is 20.9. The van der Waals surface area contributed by atoms with E-state index in [-0.39, 0.29) is 18.7 Å². The van der Waals surface area contributed by atoms with Gasteiger partial charge in [-0.3, -0.25) is 9.88 Å². The van der Waals surface area contributed by atoms with Crippen LogP contribution in [0.15, 0.2) is 104 Å². The first-order chi connectivity index (χ1) is 18.4. The third kappa shape index (κ3) is 5.82. The van der Waals surface area contributed by atoms with Crippen molar-refractivity contribution in [3.63, 3.8) is 0 Å². The maximum atomic E-state index is 14.7. The van der Waals surface area contributed by atoms with E-state index in [0.29, 0.717) is 6.54 Å². The van der Waals surface area contributed by atoms with Gasteiger partial charge in [0.2, 0.25) is 0 Å². The summed E-state index contributed by atoms with van der Waals surface area (Å²) in [7, 11) is 1.81. The highest BCUT2D eigenvalue weighted by Crippen LogP contribution is 2.28. The molecule has 5 aromatic rings.